The van der Waals surface area contributed by atoms with Gasteiger partial charge in [-0.15, -0.1) is 0 Å². The molecule has 7 nitrogen and oxygen atoms in total. The number of carbonyl (C=O) groups is 2. The van der Waals surface area contributed by atoms with Crippen molar-refractivity contribution in [1.82, 2.24) is 4.90 Å². The minimum atomic E-state index is -0.967. The molecule has 0 N–H and O–H groups in total. The van der Waals surface area contributed by atoms with Crippen LogP contribution in [0.1, 0.15) is 32.1 Å². The number of amides is 1. The van der Waals surface area contributed by atoms with Crippen molar-refractivity contribution < 1.29 is 28.5 Å². The number of methoxy groups -OCH3 is 1. The van der Waals surface area contributed by atoms with Crippen molar-refractivity contribution in [1.29, 1.82) is 0 Å². The van der Waals surface area contributed by atoms with Crippen molar-refractivity contribution >= 4 is 11.9 Å². The van der Waals surface area contributed by atoms with Gasteiger partial charge in [0, 0.05) is 13.2 Å². The molecule has 3 fully saturated rings. The number of morpholine rings is 1. The minimum Gasteiger partial charge on any atom is -0.468 e. The summed E-state index contributed by atoms with van der Waals surface area (Å²) in [7, 11) is 1.33. The smallest absolute Gasteiger partial charge is 0.321 e. The molecule has 0 aromatic rings. The number of esters is 1. The van der Waals surface area contributed by atoms with Crippen LogP contribution in [0.2, 0.25) is 0 Å². The minimum absolute atomic E-state index is 0.147. The van der Waals surface area contributed by atoms with Gasteiger partial charge >= 0.3 is 5.97 Å². The highest BCUT2D eigenvalue weighted by atomic mass is 16.7. The van der Waals surface area contributed by atoms with E-state index in [4.69, 9.17) is 18.9 Å². The van der Waals surface area contributed by atoms with Gasteiger partial charge in [-0.25, -0.2) is 0 Å². The van der Waals surface area contributed by atoms with Crippen molar-refractivity contribution in [3.8, 4) is 0 Å². The van der Waals surface area contributed by atoms with E-state index in [1.54, 1.807) is 4.90 Å². The van der Waals surface area contributed by atoms with Crippen LogP contribution < -0.4 is 0 Å². The Kier molecular flexibility index (Phi) is 5.18. The molecule has 7 heteroatoms. The zero-order valence-electron chi connectivity index (χ0n) is 13.6. The predicted octanol–water partition coefficient (Wildman–Crippen LogP) is 0.710. The molecule has 0 radical (unpaired) electrons. The molecule has 2 saturated heterocycles. The highest BCUT2D eigenvalue weighted by molar-refractivity contribution is 6.05. The van der Waals surface area contributed by atoms with E-state index >= 15 is 0 Å². The molecule has 23 heavy (non-hydrogen) atoms. The van der Waals surface area contributed by atoms with Crippen LogP contribution in [0.25, 0.3) is 0 Å². The first-order chi connectivity index (χ1) is 11.2. The van der Waals surface area contributed by atoms with Crippen LogP contribution in [0.4, 0.5) is 0 Å². The monoisotopic (exact) mass is 327 g/mol. The fourth-order valence-electron chi connectivity index (χ4n) is 3.22. The highest BCUT2D eigenvalue weighted by Crippen LogP contribution is 2.48. The average molecular weight is 327 g/mol. The summed E-state index contributed by atoms with van der Waals surface area (Å²) in [5.74, 6) is -0.574. The van der Waals surface area contributed by atoms with Crippen LogP contribution in [-0.4, -0.2) is 69.2 Å². The van der Waals surface area contributed by atoms with E-state index in [9.17, 15) is 9.59 Å². The Morgan fingerprint density at radius 1 is 1.26 bits per heavy atom. The average Bonchev–Trinajstić information content (AvgIpc) is 3.42. The van der Waals surface area contributed by atoms with Crippen molar-refractivity contribution in [3.05, 3.63) is 0 Å². The van der Waals surface area contributed by atoms with Crippen LogP contribution >= 0.6 is 0 Å². The molecule has 130 valence electrons. The van der Waals surface area contributed by atoms with Crippen LogP contribution in [-0.2, 0) is 28.5 Å². The van der Waals surface area contributed by atoms with Crippen molar-refractivity contribution in [2.75, 3.05) is 40.1 Å². The lowest BCUT2D eigenvalue weighted by atomic mass is 10.0. The number of carbonyl (C=O) groups excluding carboxylic acids is 2. The van der Waals surface area contributed by atoms with Gasteiger partial charge in [0.2, 0.25) is 5.91 Å². The molecule has 3 rings (SSSR count). The van der Waals surface area contributed by atoms with E-state index in [1.165, 1.54) is 7.11 Å². The number of nitrogens with zero attached hydrogens (tertiary/aromatic N) is 1. The summed E-state index contributed by atoms with van der Waals surface area (Å²) in [5.41, 5.74) is -0.967. The normalized spacial score (nSPS) is 29.9. The molecular weight excluding hydrogens is 302 g/mol. The van der Waals surface area contributed by atoms with E-state index in [-0.39, 0.29) is 18.2 Å². The van der Waals surface area contributed by atoms with Gasteiger partial charge in [0.1, 0.15) is 5.41 Å². The Morgan fingerprint density at radius 3 is 2.74 bits per heavy atom. The molecule has 0 aromatic carbocycles. The van der Waals surface area contributed by atoms with Crippen molar-refractivity contribution in [3.63, 3.8) is 0 Å². The number of rotatable bonds is 5. The van der Waals surface area contributed by atoms with E-state index in [0.717, 1.165) is 25.9 Å². The zero-order valence-corrected chi connectivity index (χ0v) is 13.6. The standard InChI is InChI=1S/C16H25NO6/c1-20-15(19)16(5-6-16)14(18)17-7-9-21-10-12(17)11-23-13-4-2-3-8-22-13/h12-13H,2-11H2,1H3. The molecule has 1 aliphatic carbocycles. The second-order valence-corrected chi connectivity index (χ2v) is 6.43. The molecule has 3 aliphatic rings. The SMILES string of the molecule is COC(=O)C1(C(=O)N2CCOCC2COC2CCCCO2)CC1. The van der Waals surface area contributed by atoms with Gasteiger partial charge in [-0.05, 0) is 32.1 Å². The summed E-state index contributed by atoms with van der Waals surface area (Å²) >= 11 is 0. The molecule has 0 spiro atoms. The van der Waals surface area contributed by atoms with Gasteiger partial charge in [-0.3, -0.25) is 9.59 Å². The third-order valence-electron chi connectivity index (χ3n) is 4.84. The lowest BCUT2D eigenvalue weighted by molar-refractivity contribution is -0.184. The second kappa shape index (κ2) is 7.15. The molecule has 2 unspecified atom stereocenters. The highest BCUT2D eigenvalue weighted by Gasteiger charge is 2.60. The third-order valence-corrected chi connectivity index (χ3v) is 4.84. The van der Waals surface area contributed by atoms with Crippen molar-refractivity contribution in [2.45, 2.75) is 44.4 Å². The van der Waals surface area contributed by atoms with Crippen LogP contribution in [0.5, 0.6) is 0 Å². The summed E-state index contributed by atoms with van der Waals surface area (Å²) in [6.45, 7) is 2.49. The first kappa shape index (κ1) is 16.7. The van der Waals surface area contributed by atoms with E-state index in [0.29, 0.717) is 39.2 Å². The van der Waals surface area contributed by atoms with Crippen LogP contribution in [0.3, 0.4) is 0 Å². The van der Waals surface area contributed by atoms with Gasteiger partial charge in [-0.2, -0.15) is 0 Å². The molecule has 1 amide bonds. The Labute approximate surface area is 136 Å². The molecular formula is C16H25NO6. The summed E-state index contributed by atoms with van der Waals surface area (Å²) in [5, 5.41) is 0. The molecule has 0 aromatic heterocycles. The maximum atomic E-state index is 12.8. The third kappa shape index (κ3) is 3.51. The van der Waals surface area contributed by atoms with Crippen LogP contribution in [0.15, 0.2) is 0 Å². The van der Waals surface area contributed by atoms with E-state index in [1.807, 2.05) is 0 Å². The summed E-state index contributed by atoms with van der Waals surface area (Å²) in [4.78, 5) is 26.5. The summed E-state index contributed by atoms with van der Waals surface area (Å²) in [6, 6.07) is -0.177. The van der Waals surface area contributed by atoms with E-state index in [2.05, 4.69) is 0 Å². The van der Waals surface area contributed by atoms with Gasteiger partial charge < -0.3 is 23.8 Å². The fraction of sp³-hybridized carbons (Fsp3) is 0.875. The summed E-state index contributed by atoms with van der Waals surface area (Å²) < 4.78 is 21.7. The topological polar surface area (TPSA) is 74.3 Å². The maximum absolute atomic E-state index is 12.8. The maximum Gasteiger partial charge on any atom is 0.321 e. The Bertz CT molecular complexity index is 444. The zero-order chi connectivity index (χ0) is 16.3. The number of hydrogen-bond donors (Lipinski definition) is 0. The molecule has 2 heterocycles. The van der Waals surface area contributed by atoms with Crippen molar-refractivity contribution in [2.24, 2.45) is 5.41 Å². The quantitative estimate of drug-likeness (QED) is 0.547. The molecule has 0 bridgehead atoms. The van der Waals surface area contributed by atoms with Crippen LogP contribution in [0, 0.1) is 5.41 Å². The molecule has 2 atom stereocenters. The largest absolute Gasteiger partial charge is 0.468 e. The lowest BCUT2D eigenvalue weighted by Crippen LogP contribution is -2.54. The van der Waals surface area contributed by atoms with Gasteiger partial charge in [0.05, 0.1) is 33.0 Å². The second-order valence-electron chi connectivity index (χ2n) is 6.43. The Hall–Kier alpha value is -1.18. The lowest BCUT2D eigenvalue weighted by Gasteiger charge is -2.38. The van der Waals surface area contributed by atoms with Gasteiger partial charge in [-0.1, -0.05) is 0 Å². The Balaban J connectivity index is 1.59. The predicted molar refractivity (Wildman–Crippen MR) is 79.5 cm³/mol. The Morgan fingerprint density at radius 2 is 2.09 bits per heavy atom. The first-order valence-corrected chi connectivity index (χ1v) is 8.38. The molecule has 1 saturated carbocycles. The summed E-state index contributed by atoms with van der Waals surface area (Å²) in [6.07, 6.45) is 3.98. The van der Waals surface area contributed by atoms with Gasteiger partial charge in [0.25, 0.3) is 0 Å². The van der Waals surface area contributed by atoms with E-state index < -0.39 is 11.4 Å². The molecule has 2 aliphatic heterocycles. The first-order valence-electron chi connectivity index (χ1n) is 8.38. The van der Waals surface area contributed by atoms with Gasteiger partial charge in [0.15, 0.2) is 6.29 Å². The number of ether oxygens (including phenoxy) is 4. The fourth-order valence-corrected chi connectivity index (χ4v) is 3.22. The number of hydrogen-bond acceptors (Lipinski definition) is 6.